The van der Waals surface area contributed by atoms with Crippen molar-refractivity contribution in [1.29, 1.82) is 0 Å². The second-order valence-corrected chi connectivity index (χ2v) is 9.65. The average Bonchev–Trinajstić information content (AvgIpc) is 3.24. The molecular weight excluding hydrogens is 416 g/mol. The number of hydrogen-bond donors (Lipinski definition) is 1. The van der Waals surface area contributed by atoms with E-state index >= 15 is 0 Å². The molecule has 0 saturated carbocycles. The molecule has 1 amide bonds. The van der Waals surface area contributed by atoms with Crippen molar-refractivity contribution >= 4 is 15.9 Å². The average molecular weight is 445 g/mol. The monoisotopic (exact) mass is 444 g/mol. The lowest BCUT2D eigenvalue weighted by molar-refractivity contribution is -0.131. The van der Waals surface area contributed by atoms with E-state index in [1.54, 1.807) is 17.0 Å². The third-order valence-corrected chi connectivity index (χ3v) is 7.26. The number of nitrogens with zero attached hydrogens (tertiary/aromatic N) is 1. The molecule has 2 aromatic carbocycles. The lowest BCUT2D eigenvalue weighted by Gasteiger charge is -2.21. The number of benzene rings is 2. The van der Waals surface area contributed by atoms with Crippen LogP contribution in [0, 0.1) is 0 Å². The summed E-state index contributed by atoms with van der Waals surface area (Å²) in [7, 11) is -3.64. The zero-order valence-corrected chi connectivity index (χ0v) is 18.5. The van der Waals surface area contributed by atoms with Gasteiger partial charge in [-0.3, -0.25) is 4.79 Å². The van der Waals surface area contributed by atoms with Gasteiger partial charge in [-0.15, -0.1) is 0 Å². The molecular formula is C23H28N2O5S. The predicted octanol–water partition coefficient (Wildman–Crippen LogP) is 3.01. The first-order valence-corrected chi connectivity index (χ1v) is 12.2. The van der Waals surface area contributed by atoms with Crippen LogP contribution < -0.4 is 14.2 Å². The molecule has 0 fully saturated rings. The molecule has 0 aromatic heterocycles. The van der Waals surface area contributed by atoms with Crippen LogP contribution in [0.1, 0.15) is 42.9 Å². The van der Waals surface area contributed by atoms with E-state index in [2.05, 4.69) is 4.72 Å². The minimum atomic E-state index is -3.64. The number of carbonyl (C=O) groups excluding carboxylic acids is 1. The van der Waals surface area contributed by atoms with E-state index < -0.39 is 10.0 Å². The van der Waals surface area contributed by atoms with Crippen LogP contribution in [0.5, 0.6) is 11.5 Å². The van der Waals surface area contributed by atoms with Crippen molar-refractivity contribution < 1.29 is 22.7 Å². The van der Waals surface area contributed by atoms with Gasteiger partial charge >= 0.3 is 0 Å². The molecule has 2 aliphatic rings. The zero-order chi connectivity index (χ0) is 21.8. The molecule has 31 heavy (non-hydrogen) atoms. The van der Waals surface area contributed by atoms with E-state index in [9.17, 15) is 13.2 Å². The molecule has 0 spiro atoms. The number of hydrogen-bond acceptors (Lipinski definition) is 5. The van der Waals surface area contributed by atoms with Crippen molar-refractivity contribution in [2.45, 2.75) is 50.5 Å². The molecule has 0 saturated heterocycles. The number of amides is 1. The van der Waals surface area contributed by atoms with Gasteiger partial charge in [0, 0.05) is 26.1 Å². The molecule has 1 N–H and O–H groups in total. The number of aryl methyl sites for hydroxylation is 2. The summed E-state index contributed by atoms with van der Waals surface area (Å²) in [5.74, 6) is 1.28. The van der Waals surface area contributed by atoms with Crippen LogP contribution >= 0.6 is 0 Å². The van der Waals surface area contributed by atoms with E-state index in [0.717, 1.165) is 36.8 Å². The Morgan fingerprint density at radius 2 is 1.81 bits per heavy atom. The molecule has 166 valence electrons. The standard InChI is InChI=1S/C23H28N2O5S/c1-2-25(15-17-7-10-21-22(13-17)30-16-29-21)23(26)11-12-24-31(27,28)20-9-8-18-5-3-4-6-19(18)14-20/h7-10,13-14,24H,2-6,11-12,15-16H2,1H3. The van der Waals surface area contributed by atoms with Crippen molar-refractivity contribution in [3.63, 3.8) is 0 Å². The maximum absolute atomic E-state index is 12.7. The fraction of sp³-hybridized carbons (Fsp3) is 0.435. The van der Waals surface area contributed by atoms with E-state index in [4.69, 9.17) is 9.47 Å². The Morgan fingerprint density at radius 1 is 1.03 bits per heavy atom. The minimum absolute atomic E-state index is 0.0654. The first-order valence-electron chi connectivity index (χ1n) is 10.7. The Morgan fingerprint density at radius 3 is 2.61 bits per heavy atom. The number of carbonyl (C=O) groups is 1. The maximum Gasteiger partial charge on any atom is 0.240 e. The third-order valence-electron chi connectivity index (χ3n) is 5.81. The smallest absolute Gasteiger partial charge is 0.240 e. The van der Waals surface area contributed by atoms with Crippen LogP contribution in [0.2, 0.25) is 0 Å². The number of sulfonamides is 1. The molecule has 7 nitrogen and oxygen atoms in total. The molecule has 0 radical (unpaired) electrons. The molecule has 1 aliphatic heterocycles. The first kappa shape index (κ1) is 21.6. The summed E-state index contributed by atoms with van der Waals surface area (Å²) in [5, 5.41) is 0. The zero-order valence-electron chi connectivity index (χ0n) is 17.7. The summed E-state index contributed by atoms with van der Waals surface area (Å²) in [5.41, 5.74) is 3.29. The summed E-state index contributed by atoms with van der Waals surface area (Å²) in [6.07, 6.45) is 4.27. The van der Waals surface area contributed by atoms with Gasteiger partial charge in [0.05, 0.1) is 4.90 Å². The van der Waals surface area contributed by atoms with Gasteiger partial charge < -0.3 is 14.4 Å². The number of ether oxygens (including phenoxy) is 2. The highest BCUT2D eigenvalue weighted by atomic mass is 32.2. The Bertz CT molecular complexity index is 1070. The second kappa shape index (κ2) is 9.28. The fourth-order valence-electron chi connectivity index (χ4n) is 4.05. The Kier molecular flexibility index (Phi) is 6.48. The van der Waals surface area contributed by atoms with Gasteiger partial charge in [-0.05, 0) is 73.6 Å². The van der Waals surface area contributed by atoms with Gasteiger partial charge in [-0.1, -0.05) is 12.1 Å². The number of nitrogens with one attached hydrogen (secondary N) is 1. The van der Waals surface area contributed by atoms with E-state index in [0.29, 0.717) is 24.6 Å². The first-order chi connectivity index (χ1) is 15.0. The minimum Gasteiger partial charge on any atom is -0.454 e. The van der Waals surface area contributed by atoms with Crippen LogP contribution in [0.15, 0.2) is 41.3 Å². The molecule has 1 heterocycles. The molecule has 8 heteroatoms. The molecule has 4 rings (SSSR count). The molecule has 0 atom stereocenters. The maximum atomic E-state index is 12.7. The Labute approximate surface area is 183 Å². The van der Waals surface area contributed by atoms with Gasteiger partial charge in [-0.2, -0.15) is 0 Å². The van der Waals surface area contributed by atoms with Crippen LogP contribution in [0.25, 0.3) is 0 Å². The topological polar surface area (TPSA) is 84.9 Å². The van der Waals surface area contributed by atoms with Crippen molar-refractivity contribution in [1.82, 2.24) is 9.62 Å². The lowest BCUT2D eigenvalue weighted by atomic mass is 9.92. The van der Waals surface area contributed by atoms with E-state index in [-0.39, 0.29) is 30.6 Å². The summed E-state index contributed by atoms with van der Waals surface area (Å²) in [6, 6.07) is 11.0. The second-order valence-electron chi connectivity index (χ2n) is 7.88. The highest BCUT2D eigenvalue weighted by Gasteiger charge is 2.20. The SMILES string of the molecule is CCN(Cc1ccc2c(c1)OCO2)C(=O)CCNS(=O)(=O)c1ccc2c(c1)CCCC2. The highest BCUT2D eigenvalue weighted by Crippen LogP contribution is 2.32. The van der Waals surface area contributed by atoms with Crippen molar-refractivity contribution in [3.05, 3.63) is 53.1 Å². The van der Waals surface area contributed by atoms with Crippen LogP contribution in [-0.4, -0.2) is 39.1 Å². The molecule has 0 bridgehead atoms. The van der Waals surface area contributed by atoms with Crippen molar-refractivity contribution in [3.8, 4) is 11.5 Å². The van der Waals surface area contributed by atoms with Gasteiger partial charge in [0.1, 0.15) is 0 Å². The van der Waals surface area contributed by atoms with Gasteiger partial charge in [0.15, 0.2) is 11.5 Å². The van der Waals surface area contributed by atoms with E-state index in [1.807, 2.05) is 31.2 Å². The van der Waals surface area contributed by atoms with Crippen molar-refractivity contribution in [2.24, 2.45) is 0 Å². The summed E-state index contributed by atoms with van der Waals surface area (Å²) in [6.45, 7) is 3.14. The summed E-state index contributed by atoms with van der Waals surface area (Å²) < 4.78 is 38.6. The highest BCUT2D eigenvalue weighted by molar-refractivity contribution is 7.89. The Hall–Kier alpha value is -2.58. The summed E-state index contributed by atoms with van der Waals surface area (Å²) in [4.78, 5) is 14.6. The molecule has 1 aliphatic carbocycles. The van der Waals surface area contributed by atoms with Crippen LogP contribution in [0.4, 0.5) is 0 Å². The number of fused-ring (bicyclic) bond motifs is 2. The quantitative estimate of drug-likeness (QED) is 0.677. The predicted molar refractivity (Wildman–Crippen MR) is 117 cm³/mol. The van der Waals surface area contributed by atoms with E-state index in [1.165, 1.54) is 5.56 Å². The van der Waals surface area contributed by atoms with Gasteiger partial charge in [0.25, 0.3) is 0 Å². The molecule has 2 aromatic rings. The van der Waals surface area contributed by atoms with Gasteiger partial charge in [0.2, 0.25) is 22.7 Å². The van der Waals surface area contributed by atoms with Crippen LogP contribution in [-0.2, 0) is 34.2 Å². The number of rotatable bonds is 8. The van der Waals surface area contributed by atoms with Gasteiger partial charge in [-0.25, -0.2) is 13.1 Å². The Balaban J connectivity index is 1.33. The normalized spacial score (nSPS) is 14.9. The van der Waals surface area contributed by atoms with Crippen molar-refractivity contribution in [2.75, 3.05) is 19.9 Å². The summed E-state index contributed by atoms with van der Waals surface area (Å²) >= 11 is 0. The third kappa shape index (κ3) is 5.02. The lowest BCUT2D eigenvalue weighted by Crippen LogP contribution is -2.34. The molecule has 0 unspecified atom stereocenters. The largest absolute Gasteiger partial charge is 0.454 e. The fourth-order valence-corrected chi connectivity index (χ4v) is 5.13. The van der Waals surface area contributed by atoms with Crippen LogP contribution in [0.3, 0.4) is 0 Å².